The fourth-order valence-electron chi connectivity index (χ4n) is 2.41. The third kappa shape index (κ3) is 3.42. The Hall–Kier alpha value is -1.21. The van der Waals surface area contributed by atoms with E-state index in [1.54, 1.807) is 0 Å². The van der Waals surface area contributed by atoms with E-state index in [-0.39, 0.29) is 0 Å². The van der Waals surface area contributed by atoms with Crippen LogP contribution < -0.4 is 0 Å². The van der Waals surface area contributed by atoms with Gasteiger partial charge in [0.25, 0.3) is 0 Å². The molecule has 0 unspecified atom stereocenters. The highest BCUT2D eigenvalue weighted by molar-refractivity contribution is 7.97. The van der Waals surface area contributed by atoms with Gasteiger partial charge in [-0.1, -0.05) is 36.4 Å². The number of hydrogen-bond acceptors (Lipinski definition) is 1. The van der Waals surface area contributed by atoms with Crippen LogP contribution >= 0.6 is 11.8 Å². The Morgan fingerprint density at radius 1 is 0.632 bits per heavy atom. The van der Waals surface area contributed by atoms with E-state index in [0.29, 0.717) is 0 Å². The van der Waals surface area contributed by atoms with E-state index < -0.39 is 0 Å². The molecule has 2 rings (SSSR count). The van der Waals surface area contributed by atoms with Crippen molar-refractivity contribution in [3.8, 4) is 0 Å². The van der Waals surface area contributed by atoms with Crippen LogP contribution in [0, 0.1) is 27.7 Å². The number of hydrogen-bond donors (Lipinski definition) is 0. The number of aryl methyl sites for hydroxylation is 4. The number of benzene rings is 2. The molecule has 0 aliphatic carbocycles. The van der Waals surface area contributed by atoms with Crippen molar-refractivity contribution in [2.45, 2.75) is 39.2 Å². The van der Waals surface area contributed by atoms with Gasteiger partial charge in [0.1, 0.15) is 0 Å². The molecule has 0 spiro atoms. The minimum absolute atomic E-state index is 1.10. The van der Waals surface area contributed by atoms with E-state index in [1.165, 1.54) is 33.4 Å². The molecule has 0 heterocycles. The van der Waals surface area contributed by atoms with Crippen molar-refractivity contribution in [1.82, 2.24) is 0 Å². The molecule has 1 heteroatoms. The van der Waals surface area contributed by atoms with Crippen molar-refractivity contribution in [1.29, 1.82) is 0 Å². The van der Waals surface area contributed by atoms with Gasteiger partial charge in [-0.05, 0) is 61.1 Å². The van der Waals surface area contributed by atoms with Gasteiger partial charge in [0.15, 0.2) is 0 Å². The fraction of sp³-hybridized carbons (Fsp3) is 0.333. The lowest BCUT2D eigenvalue weighted by Crippen LogP contribution is -1.94. The normalized spacial score (nSPS) is 10.7. The zero-order valence-corrected chi connectivity index (χ0v) is 13.1. The summed E-state index contributed by atoms with van der Waals surface area (Å²) in [4.78, 5) is 0. The molecule has 0 amide bonds. The lowest BCUT2D eigenvalue weighted by Gasteiger charge is -2.12. The highest BCUT2D eigenvalue weighted by atomic mass is 32.2. The lowest BCUT2D eigenvalue weighted by molar-refractivity contribution is 1.21. The Labute approximate surface area is 121 Å². The summed E-state index contributed by atoms with van der Waals surface area (Å²) >= 11 is 2.02. The molecule has 100 valence electrons. The SMILES string of the molecule is Cc1cccc(C)c1CSCc1c(C)cccc1C. The van der Waals surface area contributed by atoms with Gasteiger partial charge in [-0.15, -0.1) is 0 Å². The van der Waals surface area contributed by atoms with Crippen molar-refractivity contribution in [3.63, 3.8) is 0 Å². The van der Waals surface area contributed by atoms with Gasteiger partial charge in [0.05, 0.1) is 0 Å². The van der Waals surface area contributed by atoms with Crippen LogP contribution in [0.3, 0.4) is 0 Å². The zero-order chi connectivity index (χ0) is 13.8. The predicted octanol–water partition coefficient (Wildman–Crippen LogP) is 5.35. The van der Waals surface area contributed by atoms with Crippen LogP contribution in [0.1, 0.15) is 33.4 Å². The summed E-state index contributed by atoms with van der Waals surface area (Å²) in [5.41, 5.74) is 8.64. The van der Waals surface area contributed by atoms with Gasteiger partial charge < -0.3 is 0 Å². The molecule has 0 atom stereocenters. The first-order valence-electron chi connectivity index (χ1n) is 6.77. The third-order valence-corrected chi connectivity index (χ3v) is 4.77. The van der Waals surface area contributed by atoms with Gasteiger partial charge in [0.2, 0.25) is 0 Å². The molecule has 19 heavy (non-hydrogen) atoms. The molecular formula is C18H22S. The Bertz CT molecular complexity index is 478. The smallest absolute Gasteiger partial charge is 0.0193 e. The molecule has 2 aromatic rings. The van der Waals surface area contributed by atoms with Gasteiger partial charge in [0, 0.05) is 11.5 Å². The van der Waals surface area contributed by atoms with Crippen molar-refractivity contribution < 1.29 is 0 Å². The number of rotatable bonds is 4. The second-order valence-corrected chi connectivity index (χ2v) is 6.22. The van der Waals surface area contributed by atoms with Crippen LogP contribution in [-0.4, -0.2) is 0 Å². The van der Waals surface area contributed by atoms with Crippen LogP contribution in [0.4, 0.5) is 0 Å². The van der Waals surface area contributed by atoms with Gasteiger partial charge >= 0.3 is 0 Å². The summed E-state index contributed by atoms with van der Waals surface area (Å²) in [6, 6.07) is 13.1. The third-order valence-electron chi connectivity index (χ3n) is 3.78. The quantitative estimate of drug-likeness (QED) is 0.721. The van der Waals surface area contributed by atoms with Crippen molar-refractivity contribution in [3.05, 3.63) is 69.8 Å². The van der Waals surface area contributed by atoms with Gasteiger partial charge in [-0.3, -0.25) is 0 Å². The summed E-state index contributed by atoms with van der Waals surface area (Å²) in [5, 5.41) is 0. The Morgan fingerprint density at radius 2 is 0.947 bits per heavy atom. The molecule has 0 bridgehead atoms. The molecule has 0 aromatic heterocycles. The van der Waals surface area contributed by atoms with Crippen molar-refractivity contribution in [2.75, 3.05) is 0 Å². The van der Waals surface area contributed by atoms with E-state index in [4.69, 9.17) is 0 Å². The molecule has 0 aliphatic rings. The van der Waals surface area contributed by atoms with Gasteiger partial charge in [-0.25, -0.2) is 0 Å². The van der Waals surface area contributed by atoms with E-state index in [2.05, 4.69) is 64.1 Å². The maximum absolute atomic E-state index is 2.21. The summed E-state index contributed by atoms with van der Waals surface area (Å²) in [7, 11) is 0. The van der Waals surface area contributed by atoms with E-state index in [0.717, 1.165) is 11.5 Å². The first-order valence-corrected chi connectivity index (χ1v) is 7.93. The second-order valence-electron chi connectivity index (χ2n) is 5.23. The maximum Gasteiger partial charge on any atom is 0.0193 e. The lowest BCUT2D eigenvalue weighted by atomic mass is 10.0. The average Bonchev–Trinajstić information content (AvgIpc) is 2.36. The number of thioether (sulfide) groups is 1. The molecule has 0 fully saturated rings. The van der Waals surface area contributed by atoms with Gasteiger partial charge in [-0.2, -0.15) is 11.8 Å². The minimum Gasteiger partial charge on any atom is -0.152 e. The van der Waals surface area contributed by atoms with Crippen LogP contribution in [0.2, 0.25) is 0 Å². The molecule has 0 saturated heterocycles. The van der Waals surface area contributed by atoms with Crippen LogP contribution in [0.15, 0.2) is 36.4 Å². The summed E-state index contributed by atoms with van der Waals surface area (Å²) in [6.45, 7) is 8.84. The summed E-state index contributed by atoms with van der Waals surface area (Å²) < 4.78 is 0. The maximum atomic E-state index is 2.21. The van der Waals surface area contributed by atoms with E-state index >= 15 is 0 Å². The van der Waals surface area contributed by atoms with Crippen LogP contribution in [-0.2, 0) is 11.5 Å². The Balaban J connectivity index is 2.05. The first kappa shape index (κ1) is 14.2. The predicted molar refractivity (Wildman–Crippen MR) is 86.8 cm³/mol. The minimum atomic E-state index is 1.10. The largest absolute Gasteiger partial charge is 0.152 e. The van der Waals surface area contributed by atoms with Crippen molar-refractivity contribution >= 4 is 11.8 Å². The molecular weight excluding hydrogens is 248 g/mol. The highest BCUT2D eigenvalue weighted by Crippen LogP contribution is 2.25. The Kier molecular flexibility index (Phi) is 4.71. The molecule has 0 saturated carbocycles. The molecule has 0 N–H and O–H groups in total. The topological polar surface area (TPSA) is 0 Å². The molecule has 2 aromatic carbocycles. The summed E-state index contributed by atoms with van der Waals surface area (Å²) in [5.74, 6) is 2.21. The monoisotopic (exact) mass is 270 g/mol. The Morgan fingerprint density at radius 3 is 1.26 bits per heavy atom. The van der Waals surface area contributed by atoms with E-state index in [9.17, 15) is 0 Å². The second kappa shape index (κ2) is 6.29. The van der Waals surface area contributed by atoms with Crippen LogP contribution in [0.25, 0.3) is 0 Å². The standard InChI is InChI=1S/C18H22S/c1-13-7-5-8-14(2)17(13)11-19-12-18-15(3)9-6-10-16(18)4/h5-10H,11-12H2,1-4H3. The fourth-order valence-corrected chi connectivity index (χ4v) is 3.83. The van der Waals surface area contributed by atoms with E-state index in [1.807, 2.05) is 11.8 Å². The zero-order valence-electron chi connectivity index (χ0n) is 12.3. The molecule has 0 aliphatic heterocycles. The van der Waals surface area contributed by atoms with Crippen molar-refractivity contribution in [2.24, 2.45) is 0 Å². The van der Waals surface area contributed by atoms with Crippen LogP contribution in [0.5, 0.6) is 0 Å². The summed E-state index contributed by atoms with van der Waals surface area (Å²) in [6.07, 6.45) is 0. The average molecular weight is 270 g/mol. The molecule has 0 nitrogen and oxygen atoms in total. The first-order chi connectivity index (χ1) is 9.09. The highest BCUT2D eigenvalue weighted by Gasteiger charge is 2.05. The molecule has 0 radical (unpaired) electrons.